The van der Waals surface area contributed by atoms with Crippen molar-refractivity contribution in [3.05, 3.63) is 47.5 Å². The Morgan fingerprint density at radius 2 is 2.00 bits per heavy atom. The van der Waals surface area contributed by atoms with Crippen molar-refractivity contribution in [3.8, 4) is 0 Å². The fourth-order valence-electron chi connectivity index (χ4n) is 1.43. The number of benzene rings is 1. The van der Waals surface area contributed by atoms with Gasteiger partial charge in [0.05, 0.1) is 6.10 Å². The van der Waals surface area contributed by atoms with Crippen LogP contribution in [0.5, 0.6) is 0 Å². The van der Waals surface area contributed by atoms with E-state index < -0.39 is 6.10 Å². The van der Waals surface area contributed by atoms with Crippen LogP contribution in [0.4, 0.5) is 0 Å². The highest BCUT2D eigenvalue weighted by Crippen LogP contribution is 2.26. The summed E-state index contributed by atoms with van der Waals surface area (Å²) in [5.74, 6) is 0.108. The topological polar surface area (TPSA) is 20.2 Å². The van der Waals surface area contributed by atoms with Crippen LogP contribution in [-0.2, 0) is 0 Å². The Kier molecular flexibility index (Phi) is 4.18. The van der Waals surface area contributed by atoms with Crippen LogP contribution in [0.1, 0.15) is 25.0 Å². The highest BCUT2D eigenvalue weighted by molar-refractivity contribution is 6.30. The predicted molar refractivity (Wildman–Crippen MR) is 60.4 cm³/mol. The van der Waals surface area contributed by atoms with Crippen molar-refractivity contribution < 1.29 is 5.11 Å². The van der Waals surface area contributed by atoms with Crippen molar-refractivity contribution in [1.82, 2.24) is 0 Å². The molecule has 0 heterocycles. The smallest absolute Gasteiger partial charge is 0.0852 e. The van der Waals surface area contributed by atoms with E-state index in [1.54, 1.807) is 18.2 Å². The molecule has 0 aliphatic rings. The molecule has 0 spiro atoms. The molecule has 1 nitrogen and oxygen atoms in total. The standard InChI is InChI=1S/C12H15ClO/c1-3-9(4-2)12(14)10-5-7-11(13)8-6-10/h3,5-9,12,14H,1,4H2,2H3/t9-,12+/m1/s1. The molecule has 2 atom stereocenters. The summed E-state index contributed by atoms with van der Waals surface area (Å²) in [7, 11) is 0. The van der Waals surface area contributed by atoms with Crippen molar-refractivity contribution in [2.24, 2.45) is 5.92 Å². The summed E-state index contributed by atoms with van der Waals surface area (Å²) in [6, 6.07) is 7.27. The number of rotatable bonds is 4. The first-order valence-electron chi connectivity index (χ1n) is 4.75. The van der Waals surface area contributed by atoms with E-state index in [4.69, 9.17) is 11.6 Å². The van der Waals surface area contributed by atoms with E-state index in [9.17, 15) is 5.11 Å². The lowest BCUT2D eigenvalue weighted by Gasteiger charge is -2.18. The molecule has 0 unspecified atom stereocenters. The number of aliphatic hydroxyl groups excluding tert-OH is 1. The fourth-order valence-corrected chi connectivity index (χ4v) is 1.55. The van der Waals surface area contributed by atoms with Crippen LogP contribution >= 0.6 is 11.6 Å². The van der Waals surface area contributed by atoms with Gasteiger partial charge in [-0.15, -0.1) is 6.58 Å². The number of aliphatic hydroxyl groups is 1. The van der Waals surface area contributed by atoms with E-state index in [0.29, 0.717) is 5.02 Å². The first-order chi connectivity index (χ1) is 6.69. The first kappa shape index (κ1) is 11.3. The molecule has 14 heavy (non-hydrogen) atoms. The van der Waals surface area contributed by atoms with Crippen LogP contribution in [0.25, 0.3) is 0 Å². The van der Waals surface area contributed by atoms with E-state index in [2.05, 4.69) is 6.58 Å². The van der Waals surface area contributed by atoms with Crippen LogP contribution < -0.4 is 0 Å². The maximum Gasteiger partial charge on any atom is 0.0852 e. The van der Waals surface area contributed by atoms with Crippen molar-refractivity contribution in [2.75, 3.05) is 0 Å². The highest BCUT2D eigenvalue weighted by Gasteiger charge is 2.15. The van der Waals surface area contributed by atoms with E-state index in [1.807, 2.05) is 19.1 Å². The number of hydrogen-bond donors (Lipinski definition) is 1. The summed E-state index contributed by atoms with van der Waals surface area (Å²) in [5, 5.41) is 10.6. The molecular formula is C12H15ClO. The van der Waals surface area contributed by atoms with Crippen molar-refractivity contribution in [1.29, 1.82) is 0 Å². The molecule has 1 N–H and O–H groups in total. The van der Waals surface area contributed by atoms with Crippen molar-refractivity contribution in [3.63, 3.8) is 0 Å². The van der Waals surface area contributed by atoms with E-state index in [1.165, 1.54) is 0 Å². The Labute approximate surface area is 90.0 Å². The van der Waals surface area contributed by atoms with Gasteiger partial charge >= 0.3 is 0 Å². The maximum absolute atomic E-state index is 9.96. The van der Waals surface area contributed by atoms with Crippen LogP contribution in [0.3, 0.4) is 0 Å². The summed E-state index contributed by atoms with van der Waals surface area (Å²) in [4.78, 5) is 0. The molecule has 0 saturated heterocycles. The molecule has 1 aromatic rings. The summed E-state index contributed by atoms with van der Waals surface area (Å²) in [6.45, 7) is 5.74. The van der Waals surface area contributed by atoms with Gasteiger partial charge in [-0.25, -0.2) is 0 Å². The van der Waals surface area contributed by atoms with Crippen LogP contribution in [0.15, 0.2) is 36.9 Å². The Morgan fingerprint density at radius 1 is 1.43 bits per heavy atom. The van der Waals surface area contributed by atoms with Gasteiger partial charge in [0.25, 0.3) is 0 Å². The van der Waals surface area contributed by atoms with E-state index in [0.717, 1.165) is 12.0 Å². The van der Waals surface area contributed by atoms with Gasteiger partial charge in [0.15, 0.2) is 0 Å². The molecule has 0 saturated carbocycles. The molecule has 0 aliphatic carbocycles. The monoisotopic (exact) mass is 210 g/mol. The average Bonchev–Trinajstić information content (AvgIpc) is 2.20. The molecule has 2 heteroatoms. The first-order valence-corrected chi connectivity index (χ1v) is 5.13. The molecule has 1 aromatic carbocycles. The van der Waals surface area contributed by atoms with E-state index in [-0.39, 0.29) is 5.92 Å². The maximum atomic E-state index is 9.96. The zero-order chi connectivity index (χ0) is 10.6. The lowest BCUT2D eigenvalue weighted by Crippen LogP contribution is -2.08. The average molecular weight is 211 g/mol. The Balaban J connectivity index is 2.82. The van der Waals surface area contributed by atoms with Gasteiger partial charge in [-0.05, 0) is 24.1 Å². The second kappa shape index (κ2) is 5.18. The lowest BCUT2D eigenvalue weighted by molar-refractivity contribution is 0.129. The second-order valence-electron chi connectivity index (χ2n) is 3.30. The Bertz CT molecular complexity index is 292. The van der Waals surface area contributed by atoms with Gasteiger partial charge in [-0.1, -0.05) is 36.7 Å². The van der Waals surface area contributed by atoms with Crippen LogP contribution in [-0.4, -0.2) is 5.11 Å². The minimum Gasteiger partial charge on any atom is -0.388 e. The van der Waals surface area contributed by atoms with Crippen LogP contribution in [0, 0.1) is 5.92 Å². The highest BCUT2D eigenvalue weighted by atomic mass is 35.5. The summed E-state index contributed by atoms with van der Waals surface area (Å²) < 4.78 is 0. The molecule has 1 rings (SSSR count). The van der Waals surface area contributed by atoms with Gasteiger partial charge in [-0.3, -0.25) is 0 Å². The normalized spacial score (nSPS) is 14.8. The third kappa shape index (κ3) is 2.60. The molecule has 76 valence electrons. The molecule has 0 bridgehead atoms. The molecule has 0 aliphatic heterocycles. The van der Waals surface area contributed by atoms with Crippen LogP contribution in [0.2, 0.25) is 5.02 Å². The van der Waals surface area contributed by atoms with Crippen molar-refractivity contribution in [2.45, 2.75) is 19.4 Å². The minimum atomic E-state index is -0.477. The van der Waals surface area contributed by atoms with Gasteiger partial charge in [0.1, 0.15) is 0 Å². The van der Waals surface area contributed by atoms with Gasteiger partial charge in [-0.2, -0.15) is 0 Å². The summed E-state index contributed by atoms with van der Waals surface area (Å²) in [5.41, 5.74) is 0.890. The molecule has 0 aromatic heterocycles. The van der Waals surface area contributed by atoms with E-state index >= 15 is 0 Å². The molecule has 0 amide bonds. The van der Waals surface area contributed by atoms with Gasteiger partial charge in [0.2, 0.25) is 0 Å². The molecule has 0 radical (unpaired) electrons. The Hall–Kier alpha value is -0.790. The number of halogens is 1. The molecular weight excluding hydrogens is 196 g/mol. The zero-order valence-electron chi connectivity index (χ0n) is 8.28. The Morgan fingerprint density at radius 3 is 2.43 bits per heavy atom. The quantitative estimate of drug-likeness (QED) is 0.754. The largest absolute Gasteiger partial charge is 0.388 e. The molecule has 0 fully saturated rings. The van der Waals surface area contributed by atoms with Crippen molar-refractivity contribution >= 4 is 11.6 Å². The fraction of sp³-hybridized carbons (Fsp3) is 0.333. The zero-order valence-corrected chi connectivity index (χ0v) is 9.04. The third-order valence-electron chi connectivity index (χ3n) is 2.39. The predicted octanol–water partition coefficient (Wildman–Crippen LogP) is 3.59. The summed E-state index contributed by atoms with van der Waals surface area (Å²) in [6.07, 6.45) is 2.20. The minimum absolute atomic E-state index is 0.108. The van der Waals surface area contributed by atoms with Gasteiger partial charge < -0.3 is 5.11 Å². The lowest BCUT2D eigenvalue weighted by atomic mass is 9.94. The van der Waals surface area contributed by atoms with Gasteiger partial charge in [0, 0.05) is 10.9 Å². The SMILES string of the molecule is C=C[C@H](CC)[C@H](O)c1ccc(Cl)cc1. The third-order valence-corrected chi connectivity index (χ3v) is 2.64. The second-order valence-corrected chi connectivity index (χ2v) is 3.74. The number of hydrogen-bond acceptors (Lipinski definition) is 1. The summed E-state index contributed by atoms with van der Waals surface area (Å²) >= 11 is 5.76.